The van der Waals surface area contributed by atoms with Crippen LogP contribution in [-0.2, 0) is 11.2 Å². The fraction of sp³-hybridized carbons (Fsp3) is 0.429. The number of hydrogen-bond acceptors (Lipinski definition) is 6. The van der Waals surface area contributed by atoms with Crippen molar-refractivity contribution in [3.05, 3.63) is 65.1 Å². The third kappa shape index (κ3) is 6.02. The van der Waals surface area contributed by atoms with Gasteiger partial charge in [-0.2, -0.15) is 0 Å². The minimum atomic E-state index is -1.09. The predicted octanol–water partition coefficient (Wildman–Crippen LogP) is 4.96. The summed E-state index contributed by atoms with van der Waals surface area (Å²) in [6.45, 7) is 3.52. The number of hydrogen-bond donors (Lipinski definition) is 2. The molecule has 4 rings (SSSR count). The third-order valence-corrected chi connectivity index (χ3v) is 7.50. The second-order valence-electron chi connectivity index (χ2n) is 9.77. The van der Waals surface area contributed by atoms with Gasteiger partial charge in [0, 0.05) is 30.3 Å². The maximum absolute atomic E-state index is 13.8. The molecule has 3 aromatic rings. The number of fused-ring (bicyclic) bond motifs is 1. The van der Waals surface area contributed by atoms with Gasteiger partial charge in [0.1, 0.15) is 18.2 Å². The summed E-state index contributed by atoms with van der Waals surface area (Å²) in [5, 5.41) is 10.5. The normalized spacial score (nSPS) is 15.4. The van der Waals surface area contributed by atoms with E-state index in [0.29, 0.717) is 51.0 Å². The highest BCUT2D eigenvalue weighted by molar-refractivity contribution is 5.84. The van der Waals surface area contributed by atoms with Crippen molar-refractivity contribution in [2.45, 2.75) is 39.0 Å². The molecule has 1 aliphatic rings. The van der Waals surface area contributed by atoms with Crippen LogP contribution < -0.4 is 15.0 Å². The van der Waals surface area contributed by atoms with E-state index in [0.717, 1.165) is 40.6 Å². The Hall–Kier alpha value is -3.37. The van der Waals surface area contributed by atoms with Crippen LogP contribution in [0.15, 0.2) is 36.5 Å². The molecule has 1 aromatic heterocycles. The van der Waals surface area contributed by atoms with E-state index in [1.165, 1.54) is 0 Å². The van der Waals surface area contributed by atoms with Crippen molar-refractivity contribution in [3.8, 4) is 11.5 Å². The molecule has 1 saturated heterocycles. The number of aryl methyl sites for hydroxylation is 2. The highest BCUT2D eigenvalue weighted by Crippen LogP contribution is 2.38. The molecule has 0 bridgehead atoms. The van der Waals surface area contributed by atoms with Crippen molar-refractivity contribution in [1.29, 1.82) is 0 Å². The molecule has 1 fully saturated rings. The van der Waals surface area contributed by atoms with Crippen molar-refractivity contribution in [2.24, 2.45) is 5.41 Å². The molecule has 1 aliphatic heterocycles. The molecular formula is C28H32F3N3O4. The summed E-state index contributed by atoms with van der Waals surface area (Å²) < 4.78 is 51.3. The zero-order chi connectivity index (χ0) is 27.3. The standard InChI is InChI=1S/C28H32F3N3O4/c1-18-17-32-25-6-5-20(37-2)16-22(25)21(18)4-3-7-28(27(35)33-36)8-10-34(11-9-28)12-13-38-26-23(30)14-19(29)15-24(26)31/h5-6,14-17,36H,3-4,7-13H2,1-2H3,(H,33,35). The summed E-state index contributed by atoms with van der Waals surface area (Å²) in [6, 6.07) is 6.93. The second kappa shape index (κ2) is 12.0. The monoisotopic (exact) mass is 531 g/mol. The number of pyridine rings is 1. The van der Waals surface area contributed by atoms with Crippen molar-refractivity contribution >= 4 is 16.8 Å². The van der Waals surface area contributed by atoms with Gasteiger partial charge >= 0.3 is 0 Å². The van der Waals surface area contributed by atoms with Gasteiger partial charge in [0.2, 0.25) is 5.91 Å². The number of nitrogens with zero attached hydrogens (tertiary/aromatic N) is 2. The van der Waals surface area contributed by atoms with Crippen LogP contribution in [0.5, 0.6) is 11.5 Å². The predicted molar refractivity (Wildman–Crippen MR) is 136 cm³/mol. The first-order valence-electron chi connectivity index (χ1n) is 12.6. The molecule has 10 heteroatoms. The highest BCUT2D eigenvalue weighted by Gasteiger charge is 2.40. The number of benzene rings is 2. The number of rotatable bonds is 10. The van der Waals surface area contributed by atoms with Crippen LogP contribution in [0, 0.1) is 29.8 Å². The van der Waals surface area contributed by atoms with E-state index in [2.05, 4.69) is 4.98 Å². The zero-order valence-corrected chi connectivity index (χ0v) is 21.5. The topological polar surface area (TPSA) is 83.9 Å². The van der Waals surface area contributed by atoms with Crippen LogP contribution >= 0.6 is 0 Å². The molecule has 2 aromatic carbocycles. The van der Waals surface area contributed by atoms with Crippen molar-refractivity contribution in [1.82, 2.24) is 15.4 Å². The van der Waals surface area contributed by atoms with Gasteiger partial charge in [-0.15, -0.1) is 0 Å². The van der Waals surface area contributed by atoms with Crippen molar-refractivity contribution in [2.75, 3.05) is 33.4 Å². The van der Waals surface area contributed by atoms with E-state index in [4.69, 9.17) is 9.47 Å². The number of piperidine rings is 1. The van der Waals surface area contributed by atoms with Crippen LogP contribution in [0.2, 0.25) is 0 Å². The van der Waals surface area contributed by atoms with Gasteiger partial charge in [-0.25, -0.2) is 18.7 Å². The van der Waals surface area contributed by atoms with Crippen molar-refractivity contribution < 1.29 is 32.6 Å². The van der Waals surface area contributed by atoms with Gasteiger partial charge < -0.3 is 9.47 Å². The largest absolute Gasteiger partial charge is 0.497 e. The maximum Gasteiger partial charge on any atom is 0.249 e. The molecule has 204 valence electrons. The number of carbonyl (C=O) groups is 1. The Bertz CT molecular complexity index is 1270. The summed E-state index contributed by atoms with van der Waals surface area (Å²) in [5.41, 5.74) is 4.23. The second-order valence-corrected chi connectivity index (χ2v) is 9.77. The fourth-order valence-electron chi connectivity index (χ4n) is 5.25. The average molecular weight is 532 g/mol. The molecule has 0 aliphatic carbocycles. The third-order valence-electron chi connectivity index (χ3n) is 7.50. The molecule has 0 spiro atoms. The first-order valence-corrected chi connectivity index (χ1v) is 12.6. The Kier molecular flexibility index (Phi) is 8.73. The Balaban J connectivity index is 1.36. The molecule has 2 heterocycles. The van der Waals surface area contributed by atoms with Crippen LogP contribution in [0.3, 0.4) is 0 Å². The minimum Gasteiger partial charge on any atom is -0.497 e. The highest BCUT2D eigenvalue weighted by atomic mass is 19.1. The molecule has 0 radical (unpaired) electrons. The molecule has 0 atom stereocenters. The summed E-state index contributed by atoms with van der Waals surface area (Å²) in [4.78, 5) is 19.3. The molecule has 1 amide bonds. The lowest BCUT2D eigenvalue weighted by atomic mass is 9.73. The van der Waals surface area contributed by atoms with E-state index >= 15 is 0 Å². The van der Waals surface area contributed by atoms with Gasteiger partial charge in [0.15, 0.2) is 17.4 Å². The average Bonchev–Trinajstić information content (AvgIpc) is 2.91. The number of carbonyl (C=O) groups excluding carboxylic acids is 1. The van der Waals surface area contributed by atoms with Crippen LogP contribution in [-0.4, -0.2) is 54.3 Å². The molecule has 0 unspecified atom stereocenters. The van der Waals surface area contributed by atoms with E-state index in [-0.39, 0.29) is 6.61 Å². The summed E-state index contributed by atoms with van der Waals surface area (Å²) in [6.07, 6.45) is 4.94. The van der Waals surface area contributed by atoms with Gasteiger partial charge in [-0.1, -0.05) is 0 Å². The van der Waals surface area contributed by atoms with Gasteiger partial charge in [0.25, 0.3) is 0 Å². The van der Waals surface area contributed by atoms with E-state index in [1.807, 2.05) is 41.7 Å². The molecule has 7 nitrogen and oxygen atoms in total. The first kappa shape index (κ1) is 27.7. The lowest BCUT2D eigenvalue weighted by Crippen LogP contribution is -2.49. The summed E-state index contributed by atoms with van der Waals surface area (Å²) >= 11 is 0. The molecular weight excluding hydrogens is 499 g/mol. The number of hydroxylamine groups is 1. The summed E-state index contributed by atoms with van der Waals surface area (Å²) in [5.74, 6) is -3.43. The number of amides is 1. The van der Waals surface area contributed by atoms with Crippen LogP contribution in [0.4, 0.5) is 13.2 Å². The van der Waals surface area contributed by atoms with Gasteiger partial charge in [-0.3, -0.25) is 19.9 Å². The lowest BCUT2D eigenvalue weighted by Gasteiger charge is -2.40. The quantitative estimate of drug-likeness (QED) is 0.284. The van der Waals surface area contributed by atoms with Gasteiger partial charge in [-0.05, 0) is 81.4 Å². The lowest BCUT2D eigenvalue weighted by molar-refractivity contribution is -0.143. The van der Waals surface area contributed by atoms with Crippen LogP contribution in [0.25, 0.3) is 10.9 Å². The van der Waals surface area contributed by atoms with E-state index in [9.17, 15) is 23.2 Å². The number of likely N-dealkylation sites (tertiary alicyclic amines) is 1. The number of halogens is 3. The first-order chi connectivity index (χ1) is 18.3. The van der Waals surface area contributed by atoms with E-state index in [1.54, 1.807) is 7.11 Å². The number of methoxy groups -OCH3 is 1. The Morgan fingerprint density at radius 2 is 1.87 bits per heavy atom. The Morgan fingerprint density at radius 3 is 2.53 bits per heavy atom. The van der Waals surface area contributed by atoms with E-state index < -0.39 is 34.5 Å². The Morgan fingerprint density at radius 1 is 1.16 bits per heavy atom. The van der Waals surface area contributed by atoms with Crippen LogP contribution in [0.1, 0.15) is 36.8 Å². The number of ether oxygens (including phenoxy) is 2. The summed E-state index contributed by atoms with van der Waals surface area (Å²) in [7, 11) is 1.62. The molecule has 0 saturated carbocycles. The fourth-order valence-corrected chi connectivity index (χ4v) is 5.25. The zero-order valence-electron chi connectivity index (χ0n) is 21.5. The molecule has 2 N–H and O–H groups in total. The van der Waals surface area contributed by atoms with Gasteiger partial charge in [0.05, 0.1) is 18.0 Å². The van der Waals surface area contributed by atoms with Crippen molar-refractivity contribution in [3.63, 3.8) is 0 Å². The number of aromatic nitrogens is 1. The number of nitrogens with one attached hydrogen (secondary N) is 1. The Labute approximate surface area is 219 Å². The SMILES string of the molecule is COc1ccc2ncc(C)c(CCCC3(C(=O)NO)CCN(CCOc4c(F)cc(F)cc4F)CC3)c2c1. The minimum absolute atomic E-state index is 0.0104. The smallest absolute Gasteiger partial charge is 0.249 e. The molecule has 38 heavy (non-hydrogen) atoms. The maximum atomic E-state index is 13.8.